The van der Waals surface area contributed by atoms with Gasteiger partial charge in [-0.05, 0) is 12.3 Å². The van der Waals surface area contributed by atoms with Gasteiger partial charge >= 0.3 is 5.97 Å². The number of nitrogens with two attached hydrogens (primary N) is 2. The van der Waals surface area contributed by atoms with Crippen molar-refractivity contribution in [2.24, 2.45) is 17.1 Å². The van der Waals surface area contributed by atoms with E-state index in [1.54, 1.807) is 18.4 Å². The standard InChI is InChI=1S/C16H26N6O5/c1-9(2)10(17)14(26)27-7-16(5-23,6-24)3-4-22-8-19-11-12(22)20-15(18)21-13(11)25/h8-10,23-24H,3-7,17H2,1-2H3,(H3,18,20,21,25). The van der Waals surface area contributed by atoms with Crippen LogP contribution < -0.4 is 17.0 Å². The number of anilines is 1. The number of H-pyrrole nitrogens is 1. The molecule has 11 heteroatoms. The van der Waals surface area contributed by atoms with E-state index in [1.807, 2.05) is 0 Å². The predicted octanol–water partition coefficient (Wildman–Crippen LogP) is -1.41. The third kappa shape index (κ3) is 4.62. The monoisotopic (exact) mass is 382 g/mol. The fourth-order valence-corrected chi connectivity index (χ4v) is 2.46. The van der Waals surface area contributed by atoms with Gasteiger partial charge in [0.05, 0.1) is 25.0 Å². The van der Waals surface area contributed by atoms with Crippen LogP contribution in [-0.4, -0.2) is 61.6 Å². The molecular formula is C16H26N6O5. The smallest absolute Gasteiger partial charge is 0.323 e. The zero-order valence-corrected chi connectivity index (χ0v) is 15.4. The van der Waals surface area contributed by atoms with Gasteiger partial charge in [-0.1, -0.05) is 13.8 Å². The first-order chi connectivity index (χ1) is 12.7. The maximum absolute atomic E-state index is 12.0. The molecule has 11 nitrogen and oxygen atoms in total. The largest absolute Gasteiger partial charge is 0.464 e. The lowest BCUT2D eigenvalue weighted by atomic mass is 9.87. The minimum atomic E-state index is -1.07. The van der Waals surface area contributed by atoms with Gasteiger partial charge in [-0.25, -0.2) is 4.98 Å². The van der Waals surface area contributed by atoms with Gasteiger partial charge in [-0.15, -0.1) is 0 Å². The molecule has 7 N–H and O–H groups in total. The predicted molar refractivity (Wildman–Crippen MR) is 97.6 cm³/mol. The Hall–Kier alpha value is -2.50. The molecule has 0 saturated heterocycles. The Bertz CT molecular complexity index is 841. The SMILES string of the molecule is CC(C)C(N)C(=O)OCC(CO)(CO)CCn1cnc2c(=O)[nH]c(N)nc21. The van der Waals surface area contributed by atoms with E-state index in [0.717, 1.165) is 0 Å². The van der Waals surface area contributed by atoms with Crippen LogP contribution in [0.15, 0.2) is 11.1 Å². The summed E-state index contributed by atoms with van der Waals surface area (Å²) >= 11 is 0. The van der Waals surface area contributed by atoms with Crippen molar-refractivity contribution in [2.45, 2.75) is 32.9 Å². The third-order valence-electron chi connectivity index (χ3n) is 4.56. The highest BCUT2D eigenvalue weighted by Crippen LogP contribution is 2.24. The third-order valence-corrected chi connectivity index (χ3v) is 4.56. The van der Waals surface area contributed by atoms with E-state index in [1.165, 1.54) is 6.33 Å². The normalized spacial score (nSPS) is 13.3. The Morgan fingerprint density at radius 1 is 1.41 bits per heavy atom. The maximum Gasteiger partial charge on any atom is 0.323 e. The van der Waals surface area contributed by atoms with E-state index in [9.17, 15) is 19.8 Å². The van der Waals surface area contributed by atoms with Crippen LogP contribution in [0.1, 0.15) is 20.3 Å². The number of nitrogens with zero attached hydrogens (tertiary/aromatic N) is 3. The van der Waals surface area contributed by atoms with Crippen LogP contribution in [0, 0.1) is 11.3 Å². The van der Waals surface area contributed by atoms with Crippen molar-refractivity contribution in [1.29, 1.82) is 0 Å². The lowest BCUT2D eigenvalue weighted by Gasteiger charge is -2.30. The number of imidazole rings is 1. The number of ether oxygens (including phenoxy) is 1. The first-order valence-corrected chi connectivity index (χ1v) is 8.57. The molecule has 0 spiro atoms. The molecule has 2 rings (SSSR count). The molecule has 2 aromatic rings. The van der Waals surface area contributed by atoms with Crippen LogP contribution in [0.2, 0.25) is 0 Å². The summed E-state index contributed by atoms with van der Waals surface area (Å²) in [6.07, 6.45) is 1.66. The number of hydrogen-bond acceptors (Lipinski definition) is 9. The highest BCUT2D eigenvalue weighted by Gasteiger charge is 2.32. The van der Waals surface area contributed by atoms with Crippen molar-refractivity contribution < 1.29 is 19.7 Å². The molecule has 2 aromatic heterocycles. The zero-order chi connectivity index (χ0) is 20.2. The topological polar surface area (TPSA) is 182 Å². The van der Waals surface area contributed by atoms with Gasteiger partial charge in [0, 0.05) is 6.54 Å². The average molecular weight is 382 g/mol. The van der Waals surface area contributed by atoms with Gasteiger partial charge in [0.1, 0.15) is 12.6 Å². The second-order valence-corrected chi connectivity index (χ2v) is 7.01. The summed E-state index contributed by atoms with van der Waals surface area (Å²) in [5.41, 5.74) is 10.2. The van der Waals surface area contributed by atoms with Crippen molar-refractivity contribution in [2.75, 3.05) is 25.6 Å². The highest BCUT2D eigenvalue weighted by atomic mass is 16.5. The lowest BCUT2D eigenvalue weighted by Crippen LogP contribution is -2.42. The number of aromatic amines is 1. The Labute approximate surface area is 155 Å². The molecule has 0 radical (unpaired) electrons. The summed E-state index contributed by atoms with van der Waals surface area (Å²) in [6.45, 7) is 2.85. The summed E-state index contributed by atoms with van der Waals surface area (Å²) in [6, 6.07) is -0.781. The fourth-order valence-electron chi connectivity index (χ4n) is 2.46. The molecular weight excluding hydrogens is 356 g/mol. The first-order valence-electron chi connectivity index (χ1n) is 8.57. The van der Waals surface area contributed by atoms with Crippen molar-refractivity contribution in [3.05, 3.63) is 16.7 Å². The molecule has 0 aliphatic heterocycles. The zero-order valence-electron chi connectivity index (χ0n) is 15.4. The van der Waals surface area contributed by atoms with E-state index in [-0.39, 0.29) is 37.0 Å². The lowest BCUT2D eigenvalue weighted by molar-refractivity contribution is -0.152. The van der Waals surface area contributed by atoms with E-state index in [0.29, 0.717) is 5.65 Å². The molecule has 0 amide bonds. The number of rotatable bonds is 9. The fraction of sp³-hybridized carbons (Fsp3) is 0.625. The number of nitrogen functional groups attached to an aromatic ring is 1. The number of aryl methyl sites for hydroxylation is 1. The minimum Gasteiger partial charge on any atom is -0.464 e. The van der Waals surface area contributed by atoms with Crippen LogP contribution in [0.5, 0.6) is 0 Å². The number of carbonyl (C=O) groups is 1. The Morgan fingerprint density at radius 3 is 2.67 bits per heavy atom. The number of nitrogens with one attached hydrogen (secondary N) is 1. The number of aliphatic hydroxyl groups is 2. The van der Waals surface area contributed by atoms with Crippen molar-refractivity contribution in [3.63, 3.8) is 0 Å². The van der Waals surface area contributed by atoms with Gasteiger partial charge < -0.3 is 31.0 Å². The molecule has 2 heterocycles. The van der Waals surface area contributed by atoms with Crippen LogP contribution in [-0.2, 0) is 16.1 Å². The number of fused-ring (bicyclic) bond motifs is 1. The van der Waals surface area contributed by atoms with Crippen LogP contribution >= 0.6 is 0 Å². The van der Waals surface area contributed by atoms with E-state index < -0.39 is 36.2 Å². The van der Waals surface area contributed by atoms with Crippen molar-refractivity contribution >= 4 is 23.1 Å². The molecule has 0 aliphatic carbocycles. The first kappa shape index (κ1) is 20.8. The van der Waals surface area contributed by atoms with Crippen LogP contribution in [0.3, 0.4) is 0 Å². The second kappa shape index (κ2) is 8.46. The molecule has 1 unspecified atom stereocenters. The van der Waals surface area contributed by atoms with Crippen LogP contribution in [0.25, 0.3) is 11.2 Å². The molecule has 0 fully saturated rings. The molecule has 0 saturated carbocycles. The Balaban J connectivity index is 2.12. The maximum atomic E-state index is 12.0. The summed E-state index contributed by atoms with van der Waals surface area (Å²) in [5, 5.41) is 19.5. The molecule has 0 aliphatic rings. The number of carbonyl (C=O) groups excluding carboxylic acids is 1. The van der Waals surface area contributed by atoms with E-state index in [4.69, 9.17) is 16.2 Å². The van der Waals surface area contributed by atoms with E-state index in [2.05, 4.69) is 15.0 Å². The number of aliphatic hydroxyl groups excluding tert-OH is 2. The molecule has 0 bridgehead atoms. The van der Waals surface area contributed by atoms with E-state index >= 15 is 0 Å². The van der Waals surface area contributed by atoms with Crippen molar-refractivity contribution in [1.82, 2.24) is 19.5 Å². The Kier molecular flexibility index (Phi) is 6.52. The molecule has 1 atom stereocenters. The van der Waals surface area contributed by atoms with Gasteiger partial charge in [-0.2, -0.15) is 4.98 Å². The second-order valence-electron chi connectivity index (χ2n) is 7.01. The quantitative estimate of drug-likeness (QED) is 0.325. The number of hydrogen-bond donors (Lipinski definition) is 5. The summed E-state index contributed by atoms with van der Waals surface area (Å²) < 4.78 is 6.79. The number of aromatic nitrogens is 4. The highest BCUT2D eigenvalue weighted by molar-refractivity contribution is 5.75. The van der Waals surface area contributed by atoms with Gasteiger partial charge in [0.25, 0.3) is 5.56 Å². The van der Waals surface area contributed by atoms with Gasteiger partial charge in [0.2, 0.25) is 5.95 Å². The van der Waals surface area contributed by atoms with Crippen LogP contribution in [0.4, 0.5) is 5.95 Å². The molecule has 27 heavy (non-hydrogen) atoms. The van der Waals surface area contributed by atoms with Gasteiger partial charge in [-0.3, -0.25) is 14.6 Å². The van der Waals surface area contributed by atoms with Gasteiger partial charge in [0.15, 0.2) is 11.2 Å². The minimum absolute atomic E-state index is 0.0403. The number of esters is 1. The molecule has 150 valence electrons. The average Bonchev–Trinajstić information content (AvgIpc) is 3.04. The summed E-state index contributed by atoms with van der Waals surface area (Å²) in [7, 11) is 0. The Morgan fingerprint density at radius 2 is 2.07 bits per heavy atom. The summed E-state index contributed by atoms with van der Waals surface area (Å²) in [4.78, 5) is 34.2. The summed E-state index contributed by atoms with van der Waals surface area (Å²) in [5.74, 6) is -0.728. The van der Waals surface area contributed by atoms with Crippen molar-refractivity contribution in [3.8, 4) is 0 Å². The molecule has 0 aromatic carbocycles.